The lowest BCUT2D eigenvalue weighted by atomic mass is 10.00. The number of amides is 9. The molecule has 2 aliphatic rings. The predicted molar refractivity (Wildman–Crippen MR) is 382 cm³/mol. The van der Waals surface area contributed by atoms with E-state index in [0.29, 0.717) is 54.2 Å². The molecule has 0 bridgehead atoms. The van der Waals surface area contributed by atoms with Crippen molar-refractivity contribution in [2.75, 3.05) is 38.3 Å². The third kappa shape index (κ3) is 24.5. The summed E-state index contributed by atoms with van der Waals surface area (Å²) in [6, 6.07) is 32.1. The fraction of sp³-hybridized carbons (Fsp3) is 0.413. The number of H-pyrrole nitrogens is 1. The Morgan fingerprint density at radius 2 is 0.981 bits per heavy atom. The number of carbonyl (C=O) groups excluding carboxylic acids is 9. The van der Waals surface area contributed by atoms with Crippen molar-refractivity contribution < 1.29 is 72.4 Å². The molecule has 5 aromatic carbocycles. The normalized spacial score (nSPS) is 16.4. The maximum absolute atomic E-state index is 15.5. The number of hydrogen-bond acceptors (Lipinski definition) is 16. The van der Waals surface area contributed by atoms with Crippen LogP contribution in [0.3, 0.4) is 0 Å². The standard InChI is InChI=1S/C75H92N12O15S/c1-47(2)33-63(73(98)79-55(44-101-42-51-25-15-7-16-26-51)45-102-43-52-27-17-8-18-28-52)87-41-53-29-31-86(66(53)75(87)100)74(99)62(36-50-23-13-6-14-24-50)85-70(95)59(35-49-21-11-5-12-22-49)81-69(94)58(34-48-19-9-4-10-20-48)82-72(97)61(39-65(90)91)84-71(96)60(37-54-40-77-46-78-54)83-68(93)57(30-32-103-3)80-67(92)56(76)38-64(88)89/h4-28,40,46-47,53,55-63,66H,29-39,41-45,76H2,1-3H3,(H,77,78)(H,79,98)(H,80,92)(H,81,94)(H,82,97)(H,83,93)(H,84,96)(H,85,95)(H,88,89)(H,90,91)/t53-,56+,57+,58+,59+,60+,61+,62+,63-,66-/m1/s1. The molecule has 2 aliphatic heterocycles. The van der Waals surface area contributed by atoms with Gasteiger partial charge >= 0.3 is 11.9 Å². The number of rotatable bonds is 41. The lowest BCUT2D eigenvalue weighted by molar-refractivity contribution is -0.146. The van der Waals surface area contributed by atoms with Gasteiger partial charge in [-0.15, -0.1) is 0 Å². The van der Waals surface area contributed by atoms with Crippen LogP contribution in [0.2, 0.25) is 0 Å². The molecule has 0 unspecified atom stereocenters. The molecular formula is C75H92N12O15S. The van der Waals surface area contributed by atoms with E-state index in [1.165, 1.54) is 29.2 Å². The lowest BCUT2D eigenvalue weighted by Gasteiger charge is -2.33. The Morgan fingerprint density at radius 3 is 1.44 bits per heavy atom. The van der Waals surface area contributed by atoms with Crippen LogP contribution in [0.25, 0.3) is 0 Å². The van der Waals surface area contributed by atoms with Gasteiger partial charge in [-0.25, -0.2) is 4.98 Å². The van der Waals surface area contributed by atoms with Gasteiger partial charge in [-0.3, -0.25) is 52.7 Å². The molecular weight excluding hydrogens is 1340 g/mol. The van der Waals surface area contributed by atoms with Crippen molar-refractivity contribution in [3.8, 4) is 0 Å². The summed E-state index contributed by atoms with van der Waals surface area (Å²) in [6.45, 7) is 5.08. The Labute approximate surface area is 602 Å². The summed E-state index contributed by atoms with van der Waals surface area (Å²) in [5, 5.41) is 38.4. The molecule has 9 amide bonds. The smallest absolute Gasteiger partial charge is 0.305 e. The summed E-state index contributed by atoms with van der Waals surface area (Å²) >= 11 is 1.33. The highest BCUT2D eigenvalue weighted by atomic mass is 32.2. The molecule has 27 nitrogen and oxygen atoms in total. The summed E-state index contributed by atoms with van der Waals surface area (Å²) in [7, 11) is 0. The van der Waals surface area contributed by atoms with Gasteiger partial charge in [0.2, 0.25) is 53.2 Å². The van der Waals surface area contributed by atoms with Gasteiger partial charge in [-0.05, 0) is 65.0 Å². The van der Waals surface area contributed by atoms with Crippen LogP contribution >= 0.6 is 11.8 Å². The van der Waals surface area contributed by atoms with Crippen molar-refractivity contribution in [2.45, 2.75) is 145 Å². The summed E-state index contributed by atoms with van der Waals surface area (Å²) in [5.41, 5.74) is 9.78. The molecule has 3 heterocycles. The highest BCUT2D eigenvalue weighted by Crippen LogP contribution is 2.35. The predicted octanol–water partition coefficient (Wildman–Crippen LogP) is 3.01. The number of nitrogens with zero attached hydrogens (tertiary/aromatic N) is 3. The van der Waals surface area contributed by atoms with E-state index < -0.39 is 138 Å². The van der Waals surface area contributed by atoms with E-state index in [4.69, 9.17) is 15.2 Å². The fourth-order valence-corrected chi connectivity index (χ4v) is 12.9. The van der Waals surface area contributed by atoms with E-state index in [1.54, 1.807) is 102 Å². The van der Waals surface area contributed by atoms with Gasteiger partial charge in [-0.1, -0.05) is 166 Å². The largest absolute Gasteiger partial charge is 0.481 e. The number of carboxylic acids is 2. The molecule has 2 fully saturated rings. The van der Waals surface area contributed by atoms with Crippen LogP contribution in [0.1, 0.15) is 79.5 Å². The topological polar surface area (TPSA) is 392 Å². The summed E-state index contributed by atoms with van der Waals surface area (Å²) in [6.07, 6.45) is 2.67. The number of carboxylic acid groups (broad SMARTS) is 2. The van der Waals surface area contributed by atoms with Gasteiger partial charge in [0, 0.05) is 56.6 Å². The number of hydrogen-bond donors (Lipinski definition) is 11. The number of aromatic amines is 1. The first-order valence-electron chi connectivity index (χ1n) is 34.4. The van der Waals surface area contributed by atoms with Crippen molar-refractivity contribution in [3.63, 3.8) is 0 Å². The van der Waals surface area contributed by atoms with Crippen molar-refractivity contribution >= 4 is 76.9 Å². The highest BCUT2D eigenvalue weighted by molar-refractivity contribution is 7.98. The van der Waals surface area contributed by atoms with Crippen LogP contribution < -0.4 is 43.0 Å². The number of thioether (sulfide) groups is 1. The van der Waals surface area contributed by atoms with Gasteiger partial charge in [0.1, 0.15) is 48.3 Å². The number of imidazole rings is 1. The van der Waals surface area contributed by atoms with E-state index in [-0.39, 0.29) is 70.2 Å². The number of benzene rings is 5. The number of carbonyl (C=O) groups is 11. The summed E-state index contributed by atoms with van der Waals surface area (Å²) in [5.74, 6) is -10.2. The average molecular weight is 1430 g/mol. The van der Waals surface area contributed by atoms with Crippen LogP contribution in [0.15, 0.2) is 164 Å². The molecule has 10 atom stereocenters. The number of fused-ring (bicyclic) bond motifs is 1. The van der Waals surface area contributed by atoms with Crippen LogP contribution in [-0.2, 0) is 101 Å². The second-order valence-corrected chi connectivity index (χ2v) is 27.2. The third-order valence-corrected chi connectivity index (χ3v) is 18.3. The second kappa shape index (κ2) is 39.8. The molecule has 28 heteroatoms. The van der Waals surface area contributed by atoms with Gasteiger partial charge in [0.05, 0.1) is 57.7 Å². The Hall–Kier alpha value is -10.3. The summed E-state index contributed by atoms with van der Waals surface area (Å²) < 4.78 is 12.3. The van der Waals surface area contributed by atoms with Crippen molar-refractivity contribution in [2.24, 2.45) is 17.6 Å². The zero-order valence-electron chi connectivity index (χ0n) is 57.9. The van der Waals surface area contributed by atoms with Crippen LogP contribution in [-0.4, -0.2) is 194 Å². The van der Waals surface area contributed by atoms with Crippen LogP contribution in [0.4, 0.5) is 0 Å². The van der Waals surface area contributed by atoms with Crippen molar-refractivity contribution in [1.82, 2.24) is 57.0 Å². The molecule has 103 heavy (non-hydrogen) atoms. The number of likely N-dealkylation sites (tertiary alicyclic amines) is 2. The highest BCUT2D eigenvalue weighted by Gasteiger charge is 2.53. The van der Waals surface area contributed by atoms with Crippen LogP contribution in [0.5, 0.6) is 0 Å². The average Bonchev–Trinajstić information content (AvgIpc) is 1.61. The van der Waals surface area contributed by atoms with Gasteiger partial charge in [-0.2, -0.15) is 11.8 Å². The molecule has 12 N–H and O–H groups in total. The first-order chi connectivity index (χ1) is 49.6. The Morgan fingerprint density at radius 1 is 0.553 bits per heavy atom. The molecule has 0 spiro atoms. The molecule has 6 aromatic rings. The molecule has 0 aliphatic carbocycles. The fourth-order valence-electron chi connectivity index (χ4n) is 12.5. The van der Waals surface area contributed by atoms with E-state index in [9.17, 15) is 43.8 Å². The maximum atomic E-state index is 15.5. The maximum Gasteiger partial charge on any atom is 0.305 e. The Bertz CT molecular complexity index is 3730. The first kappa shape index (κ1) is 78.4. The molecule has 0 saturated carbocycles. The van der Waals surface area contributed by atoms with Gasteiger partial charge in [0.25, 0.3) is 0 Å². The number of nitrogens with two attached hydrogens (primary N) is 1. The monoisotopic (exact) mass is 1430 g/mol. The van der Waals surface area contributed by atoms with Crippen molar-refractivity contribution in [3.05, 3.63) is 198 Å². The van der Waals surface area contributed by atoms with Crippen LogP contribution in [0, 0.1) is 11.8 Å². The van der Waals surface area contributed by atoms with Gasteiger partial charge < -0.3 is 77.4 Å². The number of aliphatic carboxylic acids is 2. The second-order valence-electron chi connectivity index (χ2n) is 26.2. The lowest BCUT2D eigenvalue weighted by Crippen LogP contribution is -2.61. The molecule has 0 radical (unpaired) electrons. The minimum Gasteiger partial charge on any atom is -0.481 e. The van der Waals surface area contributed by atoms with E-state index >= 15 is 19.2 Å². The number of ether oxygens (including phenoxy) is 2. The quantitative estimate of drug-likeness (QED) is 0.0263. The summed E-state index contributed by atoms with van der Waals surface area (Å²) in [4.78, 5) is 166. The van der Waals surface area contributed by atoms with E-state index in [0.717, 1.165) is 11.1 Å². The van der Waals surface area contributed by atoms with E-state index in [1.807, 2.05) is 74.5 Å². The third-order valence-electron chi connectivity index (χ3n) is 17.7. The minimum absolute atomic E-state index is 0.0126. The van der Waals surface area contributed by atoms with E-state index in [2.05, 4.69) is 47.2 Å². The Balaban J connectivity index is 1.02. The molecule has 2 saturated heterocycles. The molecule has 1 aromatic heterocycles. The zero-order chi connectivity index (χ0) is 73.8. The molecule has 548 valence electrons. The minimum atomic E-state index is -1.91. The zero-order valence-corrected chi connectivity index (χ0v) is 58.7. The first-order valence-corrected chi connectivity index (χ1v) is 35.8. The van der Waals surface area contributed by atoms with Gasteiger partial charge in [0.15, 0.2) is 0 Å². The number of aromatic nitrogens is 2. The van der Waals surface area contributed by atoms with Crippen molar-refractivity contribution in [1.29, 1.82) is 0 Å². The Kier molecular flexibility index (Phi) is 30.3. The molecule has 8 rings (SSSR count). The number of nitrogens with one attached hydrogen (secondary N) is 8. The SMILES string of the molecule is CSCC[C@H](NC(=O)[C@@H](N)CC(=O)O)C(=O)N[C@@H](Cc1cnc[nH]1)C(=O)N[C@@H](CC(=O)O)C(=O)N[C@@H](Cc1ccccc1)C(=O)N[C@@H](Cc1ccccc1)C(=O)N[C@@H](Cc1ccccc1)C(=O)N1CC[C@@H]2CN([C@H](CC(C)C)C(=O)NC(COCc3ccccc3)COCc3ccccc3)C(=O)[C@@H]21.